The van der Waals surface area contributed by atoms with Gasteiger partial charge < -0.3 is 9.47 Å². The maximum Gasteiger partial charge on any atom is 0.105 e. The van der Waals surface area contributed by atoms with E-state index in [0.717, 1.165) is 26.1 Å². The van der Waals surface area contributed by atoms with E-state index in [9.17, 15) is 0 Å². The molecule has 0 saturated carbocycles. The molecule has 1 aliphatic rings. The van der Waals surface area contributed by atoms with Gasteiger partial charge in [0.1, 0.15) is 12.2 Å². The minimum absolute atomic E-state index is 0.139. The van der Waals surface area contributed by atoms with Crippen LogP contribution in [0.3, 0.4) is 0 Å². The van der Waals surface area contributed by atoms with Crippen LogP contribution < -0.4 is 0 Å². The molecule has 0 aromatic heterocycles. The summed E-state index contributed by atoms with van der Waals surface area (Å²) in [6.07, 6.45) is 9.84. The zero-order valence-electron chi connectivity index (χ0n) is 8.52. The van der Waals surface area contributed by atoms with Gasteiger partial charge in [-0.1, -0.05) is 24.3 Å². The molecule has 2 atom stereocenters. The molecule has 0 aromatic rings. The number of hydrogen-bond donors (Lipinski definition) is 0. The zero-order valence-corrected chi connectivity index (χ0v) is 8.52. The highest BCUT2D eigenvalue weighted by Gasteiger charge is 2.24. The van der Waals surface area contributed by atoms with Crippen LogP contribution in [0.25, 0.3) is 0 Å². The predicted octanol–water partition coefficient (Wildman–Crippen LogP) is 2.48. The molecular formula is C12H18O2. The van der Waals surface area contributed by atoms with E-state index in [-0.39, 0.29) is 12.2 Å². The Morgan fingerprint density at radius 2 is 1.36 bits per heavy atom. The molecule has 0 spiro atoms. The first kappa shape index (κ1) is 11.2. The summed E-state index contributed by atoms with van der Waals surface area (Å²) in [6.45, 7) is 8.73. The average molecular weight is 194 g/mol. The van der Waals surface area contributed by atoms with Gasteiger partial charge in [0, 0.05) is 0 Å². The van der Waals surface area contributed by atoms with Crippen LogP contribution in [0.15, 0.2) is 37.5 Å². The van der Waals surface area contributed by atoms with Crippen molar-refractivity contribution in [3.05, 3.63) is 37.5 Å². The lowest BCUT2D eigenvalue weighted by atomic mass is 10.0. The highest BCUT2D eigenvalue weighted by molar-refractivity contribution is 5.13. The van der Waals surface area contributed by atoms with Crippen LogP contribution in [0.2, 0.25) is 0 Å². The fraction of sp³-hybridized carbons (Fsp3) is 0.500. The van der Waals surface area contributed by atoms with Gasteiger partial charge in [-0.15, -0.1) is 13.2 Å². The van der Waals surface area contributed by atoms with Crippen molar-refractivity contribution in [1.82, 2.24) is 0 Å². The first-order chi connectivity index (χ1) is 6.88. The third-order valence-corrected chi connectivity index (χ3v) is 2.08. The molecule has 0 saturated heterocycles. The second-order valence-electron chi connectivity index (χ2n) is 3.21. The minimum Gasteiger partial charge on any atom is -0.371 e. The summed E-state index contributed by atoms with van der Waals surface area (Å²) in [6, 6.07) is 0. The summed E-state index contributed by atoms with van der Waals surface area (Å²) in [5, 5.41) is 0. The molecular weight excluding hydrogens is 176 g/mol. The summed E-state index contributed by atoms with van der Waals surface area (Å²) >= 11 is 0. The molecule has 2 heteroatoms. The maximum atomic E-state index is 5.55. The molecule has 0 N–H and O–H groups in total. The second-order valence-corrected chi connectivity index (χ2v) is 3.21. The monoisotopic (exact) mass is 194 g/mol. The van der Waals surface area contributed by atoms with E-state index >= 15 is 0 Å². The molecule has 0 amide bonds. The van der Waals surface area contributed by atoms with E-state index in [1.807, 2.05) is 24.3 Å². The first-order valence-electron chi connectivity index (χ1n) is 5.02. The Balaban J connectivity index is 2.07. The van der Waals surface area contributed by atoms with E-state index in [4.69, 9.17) is 9.47 Å². The second kappa shape index (κ2) is 6.57. The Morgan fingerprint density at radius 3 is 1.64 bits per heavy atom. The van der Waals surface area contributed by atoms with Crippen LogP contribution in [0.1, 0.15) is 12.8 Å². The summed E-state index contributed by atoms with van der Waals surface area (Å²) in [7, 11) is 0. The topological polar surface area (TPSA) is 18.5 Å². The third kappa shape index (κ3) is 3.48. The van der Waals surface area contributed by atoms with Gasteiger partial charge in [0.25, 0.3) is 0 Å². The minimum atomic E-state index is 0.139. The molecule has 2 nitrogen and oxygen atoms in total. The number of rotatable bonds is 8. The van der Waals surface area contributed by atoms with E-state index in [1.165, 1.54) is 0 Å². The SMILES string of the molecule is C=CCCO[C@H]1C=C[C@H]1OCCC=C. The Bertz CT molecular complexity index is 186. The quantitative estimate of drug-likeness (QED) is 0.436. The molecule has 0 unspecified atom stereocenters. The smallest absolute Gasteiger partial charge is 0.105 e. The van der Waals surface area contributed by atoms with E-state index in [1.54, 1.807) is 0 Å². The Labute approximate surface area is 85.9 Å². The summed E-state index contributed by atoms with van der Waals surface area (Å²) in [4.78, 5) is 0. The highest BCUT2D eigenvalue weighted by atomic mass is 16.5. The predicted molar refractivity (Wildman–Crippen MR) is 58.2 cm³/mol. The van der Waals surface area contributed by atoms with Crippen molar-refractivity contribution in [1.29, 1.82) is 0 Å². The molecule has 1 rings (SSSR count). The number of hydrogen-bond acceptors (Lipinski definition) is 2. The van der Waals surface area contributed by atoms with Crippen molar-refractivity contribution in [3.8, 4) is 0 Å². The van der Waals surface area contributed by atoms with E-state index in [2.05, 4.69) is 13.2 Å². The fourth-order valence-corrected chi connectivity index (χ4v) is 1.17. The van der Waals surface area contributed by atoms with Crippen molar-refractivity contribution in [2.75, 3.05) is 13.2 Å². The Kier molecular flexibility index (Phi) is 5.27. The van der Waals surface area contributed by atoms with Gasteiger partial charge in [0.2, 0.25) is 0 Å². The average Bonchev–Trinajstić information content (AvgIpc) is 2.17. The third-order valence-electron chi connectivity index (χ3n) is 2.08. The Morgan fingerprint density at radius 1 is 0.929 bits per heavy atom. The molecule has 0 fully saturated rings. The first-order valence-corrected chi connectivity index (χ1v) is 5.02. The van der Waals surface area contributed by atoms with Crippen LogP contribution in [0.5, 0.6) is 0 Å². The standard InChI is InChI=1S/C12H18O2/c1-3-5-9-13-11-7-8-12(11)14-10-6-4-2/h3-4,7-8,11-12H,1-2,5-6,9-10H2/t11-,12+. The normalized spacial score (nSPS) is 24.3. The molecule has 14 heavy (non-hydrogen) atoms. The van der Waals surface area contributed by atoms with Crippen LogP contribution in [-0.4, -0.2) is 25.4 Å². The summed E-state index contributed by atoms with van der Waals surface area (Å²) in [5.41, 5.74) is 0. The van der Waals surface area contributed by atoms with Crippen molar-refractivity contribution in [2.24, 2.45) is 0 Å². The lowest BCUT2D eigenvalue weighted by molar-refractivity contribution is -0.0421. The number of ether oxygens (including phenoxy) is 2. The van der Waals surface area contributed by atoms with Gasteiger partial charge in [-0.3, -0.25) is 0 Å². The van der Waals surface area contributed by atoms with Gasteiger partial charge >= 0.3 is 0 Å². The van der Waals surface area contributed by atoms with E-state index < -0.39 is 0 Å². The highest BCUT2D eigenvalue weighted by Crippen LogP contribution is 2.17. The Hall–Kier alpha value is -0.860. The molecule has 0 heterocycles. The maximum absolute atomic E-state index is 5.55. The van der Waals surface area contributed by atoms with Gasteiger partial charge in [-0.2, -0.15) is 0 Å². The lowest BCUT2D eigenvalue weighted by Gasteiger charge is -2.29. The molecule has 0 aromatic carbocycles. The van der Waals surface area contributed by atoms with Crippen molar-refractivity contribution in [2.45, 2.75) is 25.0 Å². The van der Waals surface area contributed by atoms with Gasteiger partial charge in [-0.25, -0.2) is 0 Å². The van der Waals surface area contributed by atoms with Crippen LogP contribution in [-0.2, 0) is 9.47 Å². The van der Waals surface area contributed by atoms with Gasteiger partial charge in [0.05, 0.1) is 13.2 Å². The van der Waals surface area contributed by atoms with Crippen molar-refractivity contribution < 1.29 is 9.47 Å². The van der Waals surface area contributed by atoms with Gasteiger partial charge in [-0.05, 0) is 12.8 Å². The molecule has 1 aliphatic carbocycles. The van der Waals surface area contributed by atoms with Crippen LogP contribution >= 0.6 is 0 Å². The molecule has 0 radical (unpaired) electrons. The zero-order chi connectivity index (χ0) is 10.2. The van der Waals surface area contributed by atoms with Crippen LogP contribution in [0, 0.1) is 0 Å². The van der Waals surface area contributed by atoms with Crippen molar-refractivity contribution in [3.63, 3.8) is 0 Å². The molecule has 0 bridgehead atoms. The van der Waals surface area contributed by atoms with Gasteiger partial charge in [0.15, 0.2) is 0 Å². The fourth-order valence-electron chi connectivity index (χ4n) is 1.17. The summed E-state index contributed by atoms with van der Waals surface area (Å²) in [5.74, 6) is 0. The summed E-state index contributed by atoms with van der Waals surface area (Å²) < 4.78 is 11.1. The van der Waals surface area contributed by atoms with E-state index in [0.29, 0.717) is 0 Å². The van der Waals surface area contributed by atoms with Crippen molar-refractivity contribution >= 4 is 0 Å². The lowest BCUT2D eigenvalue weighted by Crippen LogP contribution is -2.35. The van der Waals surface area contributed by atoms with Crippen LogP contribution in [0.4, 0.5) is 0 Å². The largest absolute Gasteiger partial charge is 0.371 e. The molecule has 78 valence electrons. The molecule has 0 aliphatic heterocycles.